The third-order valence-corrected chi connectivity index (χ3v) is 2.76. The van der Waals surface area contributed by atoms with Gasteiger partial charge in [0.15, 0.2) is 0 Å². The van der Waals surface area contributed by atoms with E-state index in [1.807, 2.05) is 0 Å². The molecule has 2 heteroatoms. The van der Waals surface area contributed by atoms with Crippen molar-refractivity contribution in [2.45, 2.75) is 31.7 Å². The molecule has 2 nitrogen and oxygen atoms in total. The van der Waals surface area contributed by atoms with Crippen molar-refractivity contribution in [2.75, 3.05) is 20.6 Å². The van der Waals surface area contributed by atoms with Crippen LogP contribution < -0.4 is 5.73 Å². The van der Waals surface area contributed by atoms with E-state index in [1.165, 1.54) is 25.8 Å². The third kappa shape index (κ3) is 2.46. The van der Waals surface area contributed by atoms with Crippen molar-refractivity contribution in [3.8, 4) is 0 Å². The van der Waals surface area contributed by atoms with Crippen LogP contribution >= 0.6 is 0 Å². The first-order chi connectivity index (χ1) is 5.04. The van der Waals surface area contributed by atoms with Crippen LogP contribution in [0.15, 0.2) is 0 Å². The molecule has 1 fully saturated rings. The van der Waals surface area contributed by atoms with E-state index in [0.717, 1.165) is 5.92 Å². The Labute approximate surface area is 69.8 Å². The lowest BCUT2D eigenvalue weighted by Crippen LogP contribution is -2.26. The Balaban J connectivity index is 2.04. The van der Waals surface area contributed by atoms with E-state index in [2.05, 4.69) is 25.9 Å². The molecule has 0 aromatic rings. The predicted molar refractivity (Wildman–Crippen MR) is 48.5 cm³/mol. The van der Waals surface area contributed by atoms with Crippen LogP contribution in [0.25, 0.3) is 0 Å². The van der Waals surface area contributed by atoms with Crippen molar-refractivity contribution >= 4 is 0 Å². The van der Waals surface area contributed by atoms with Crippen molar-refractivity contribution in [2.24, 2.45) is 11.7 Å². The number of nitrogens with two attached hydrogens (primary N) is 1. The van der Waals surface area contributed by atoms with Gasteiger partial charge in [0, 0.05) is 5.54 Å². The van der Waals surface area contributed by atoms with Gasteiger partial charge < -0.3 is 10.6 Å². The standard InChI is InChI=1S/C9H20N2/c1-8-7-9(8,10)5-4-6-11(2)3/h8H,4-7,10H2,1-3H3. The summed E-state index contributed by atoms with van der Waals surface area (Å²) in [4.78, 5) is 2.22. The fourth-order valence-corrected chi connectivity index (χ4v) is 1.58. The lowest BCUT2D eigenvalue weighted by atomic mass is 10.1. The van der Waals surface area contributed by atoms with Crippen LogP contribution in [0.1, 0.15) is 26.2 Å². The Kier molecular flexibility index (Phi) is 2.55. The molecule has 0 saturated heterocycles. The summed E-state index contributed by atoms with van der Waals surface area (Å²) in [7, 11) is 4.22. The van der Waals surface area contributed by atoms with Crippen molar-refractivity contribution < 1.29 is 0 Å². The lowest BCUT2D eigenvalue weighted by Gasteiger charge is -2.12. The minimum absolute atomic E-state index is 0.218. The van der Waals surface area contributed by atoms with E-state index in [4.69, 9.17) is 5.73 Å². The van der Waals surface area contributed by atoms with Crippen molar-refractivity contribution in [1.29, 1.82) is 0 Å². The summed E-state index contributed by atoms with van der Waals surface area (Å²) >= 11 is 0. The van der Waals surface area contributed by atoms with Crippen LogP contribution in [0.3, 0.4) is 0 Å². The van der Waals surface area contributed by atoms with Gasteiger partial charge >= 0.3 is 0 Å². The first kappa shape index (κ1) is 9.01. The second kappa shape index (κ2) is 3.11. The van der Waals surface area contributed by atoms with Gasteiger partial charge in [-0.15, -0.1) is 0 Å². The molecular formula is C9H20N2. The Morgan fingerprint density at radius 2 is 2.09 bits per heavy atom. The lowest BCUT2D eigenvalue weighted by molar-refractivity contribution is 0.378. The van der Waals surface area contributed by atoms with Gasteiger partial charge in [0.25, 0.3) is 0 Å². The Bertz CT molecular complexity index is 134. The minimum Gasteiger partial charge on any atom is -0.325 e. The van der Waals surface area contributed by atoms with Gasteiger partial charge in [-0.25, -0.2) is 0 Å². The predicted octanol–water partition coefficient (Wildman–Crippen LogP) is 1.07. The highest BCUT2D eigenvalue weighted by Crippen LogP contribution is 2.43. The molecule has 0 bridgehead atoms. The average molecular weight is 156 g/mol. The molecule has 0 heterocycles. The van der Waals surface area contributed by atoms with Gasteiger partial charge in [-0.05, 0) is 45.8 Å². The van der Waals surface area contributed by atoms with Crippen LogP contribution in [0, 0.1) is 5.92 Å². The number of hydrogen-bond donors (Lipinski definition) is 1. The molecule has 2 unspecified atom stereocenters. The summed E-state index contributed by atoms with van der Waals surface area (Å²) < 4.78 is 0. The van der Waals surface area contributed by atoms with Gasteiger partial charge in [0.2, 0.25) is 0 Å². The molecule has 0 spiro atoms. The van der Waals surface area contributed by atoms with Crippen LogP contribution in [0.4, 0.5) is 0 Å². The number of nitrogens with zero attached hydrogens (tertiary/aromatic N) is 1. The summed E-state index contributed by atoms with van der Waals surface area (Å²) in [5.41, 5.74) is 6.28. The van der Waals surface area contributed by atoms with E-state index in [1.54, 1.807) is 0 Å². The molecule has 2 N–H and O–H groups in total. The number of hydrogen-bond acceptors (Lipinski definition) is 2. The molecule has 0 aromatic heterocycles. The minimum atomic E-state index is 0.218. The summed E-state index contributed by atoms with van der Waals surface area (Å²) in [6, 6.07) is 0. The molecule has 0 amide bonds. The summed E-state index contributed by atoms with van der Waals surface area (Å²) in [5.74, 6) is 0.768. The fraction of sp³-hybridized carbons (Fsp3) is 1.00. The molecule has 11 heavy (non-hydrogen) atoms. The van der Waals surface area contributed by atoms with E-state index < -0.39 is 0 Å². The molecule has 2 atom stereocenters. The topological polar surface area (TPSA) is 29.3 Å². The maximum atomic E-state index is 6.06. The van der Waals surface area contributed by atoms with E-state index in [0.29, 0.717) is 0 Å². The molecule has 1 rings (SSSR count). The zero-order valence-electron chi connectivity index (χ0n) is 7.93. The maximum absolute atomic E-state index is 6.06. The van der Waals surface area contributed by atoms with Gasteiger partial charge in [0.05, 0.1) is 0 Å². The highest BCUT2D eigenvalue weighted by Gasteiger charge is 2.46. The largest absolute Gasteiger partial charge is 0.325 e. The van der Waals surface area contributed by atoms with Crippen LogP contribution in [-0.2, 0) is 0 Å². The van der Waals surface area contributed by atoms with Gasteiger partial charge in [-0.1, -0.05) is 6.92 Å². The summed E-state index contributed by atoms with van der Waals surface area (Å²) in [5, 5.41) is 0. The fourth-order valence-electron chi connectivity index (χ4n) is 1.58. The highest BCUT2D eigenvalue weighted by atomic mass is 15.0. The van der Waals surface area contributed by atoms with Crippen LogP contribution in [-0.4, -0.2) is 31.1 Å². The first-order valence-electron chi connectivity index (χ1n) is 4.48. The number of rotatable bonds is 4. The molecule has 1 saturated carbocycles. The monoisotopic (exact) mass is 156 g/mol. The molecule has 0 radical (unpaired) electrons. The van der Waals surface area contributed by atoms with Gasteiger partial charge in [-0.3, -0.25) is 0 Å². The molecular weight excluding hydrogens is 136 g/mol. The van der Waals surface area contributed by atoms with E-state index >= 15 is 0 Å². The normalized spacial score (nSPS) is 36.3. The van der Waals surface area contributed by atoms with Gasteiger partial charge in [0.1, 0.15) is 0 Å². The molecule has 0 aliphatic heterocycles. The molecule has 1 aliphatic carbocycles. The Hall–Kier alpha value is -0.0800. The first-order valence-corrected chi connectivity index (χ1v) is 4.48. The van der Waals surface area contributed by atoms with Crippen LogP contribution in [0.5, 0.6) is 0 Å². The van der Waals surface area contributed by atoms with Crippen molar-refractivity contribution in [1.82, 2.24) is 4.90 Å². The molecule has 0 aromatic carbocycles. The molecule has 66 valence electrons. The third-order valence-electron chi connectivity index (χ3n) is 2.76. The molecule has 1 aliphatic rings. The van der Waals surface area contributed by atoms with Crippen LogP contribution in [0.2, 0.25) is 0 Å². The second-order valence-corrected chi connectivity index (χ2v) is 4.25. The van der Waals surface area contributed by atoms with Gasteiger partial charge in [-0.2, -0.15) is 0 Å². The van der Waals surface area contributed by atoms with E-state index in [-0.39, 0.29) is 5.54 Å². The smallest absolute Gasteiger partial charge is 0.0184 e. The zero-order valence-corrected chi connectivity index (χ0v) is 7.93. The quantitative estimate of drug-likeness (QED) is 0.659. The maximum Gasteiger partial charge on any atom is 0.0184 e. The average Bonchev–Trinajstić information content (AvgIpc) is 2.39. The summed E-state index contributed by atoms with van der Waals surface area (Å²) in [6.07, 6.45) is 3.68. The zero-order chi connectivity index (χ0) is 8.48. The Morgan fingerprint density at radius 1 is 1.55 bits per heavy atom. The Morgan fingerprint density at radius 3 is 2.45 bits per heavy atom. The SMILES string of the molecule is CC1CC1(N)CCCN(C)C. The summed E-state index contributed by atoms with van der Waals surface area (Å²) in [6.45, 7) is 3.42. The van der Waals surface area contributed by atoms with E-state index in [9.17, 15) is 0 Å². The van der Waals surface area contributed by atoms with Crippen molar-refractivity contribution in [3.63, 3.8) is 0 Å². The van der Waals surface area contributed by atoms with Crippen molar-refractivity contribution in [3.05, 3.63) is 0 Å². The second-order valence-electron chi connectivity index (χ2n) is 4.25. The highest BCUT2D eigenvalue weighted by molar-refractivity contribution is 5.04.